The minimum Gasteiger partial charge on any atom is -0.431 e. The fourth-order valence-electron chi connectivity index (χ4n) is 0.325. The lowest BCUT2D eigenvalue weighted by Crippen LogP contribution is -1.90. The number of hydrogen-bond acceptors (Lipinski definition) is 2. The smallest absolute Gasteiger partial charge is 0.335 e. The summed E-state index contributed by atoms with van der Waals surface area (Å²) in [4.78, 5) is 10.1. The molecule has 0 saturated carbocycles. The molecule has 0 N–H and O–H groups in total. The van der Waals surface area contributed by atoms with Crippen molar-refractivity contribution in [2.24, 2.45) is 0 Å². The minimum atomic E-state index is -0.303. The van der Waals surface area contributed by atoms with E-state index < -0.39 is 0 Å². The van der Waals surface area contributed by atoms with Gasteiger partial charge in [0.15, 0.2) is 0 Å². The average Bonchev–Trinajstić information content (AvgIpc) is 1.94. The van der Waals surface area contributed by atoms with Gasteiger partial charge in [0.1, 0.15) is 0 Å². The highest BCUT2D eigenvalue weighted by atomic mass is 16.4. The molecule has 0 aliphatic heterocycles. The molecular weight excluding hydrogens is 116 g/mol. The van der Waals surface area contributed by atoms with Gasteiger partial charge in [0.25, 0.3) is 0 Å². The SMILES string of the molecule is C=C.O=c1cccco1. The summed E-state index contributed by atoms with van der Waals surface area (Å²) < 4.78 is 4.37. The molecule has 0 unspecified atom stereocenters. The molecular formula is C7H8O2. The van der Waals surface area contributed by atoms with Crippen molar-refractivity contribution in [2.75, 3.05) is 0 Å². The Hall–Kier alpha value is -1.31. The summed E-state index contributed by atoms with van der Waals surface area (Å²) >= 11 is 0. The molecule has 0 saturated heterocycles. The van der Waals surface area contributed by atoms with Gasteiger partial charge >= 0.3 is 5.63 Å². The molecule has 0 aliphatic rings. The molecule has 1 aromatic heterocycles. The van der Waals surface area contributed by atoms with Gasteiger partial charge in [-0.3, -0.25) is 0 Å². The Morgan fingerprint density at radius 3 is 2.22 bits per heavy atom. The Bertz CT molecular complexity index is 185. The normalized spacial score (nSPS) is 7.11. The molecule has 0 aliphatic carbocycles. The second-order valence-corrected chi connectivity index (χ2v) is 1.12. The second kappa shape index (κ2) is 4.84. The predicted octanol–water partition coefficient (Wildman–Crippen LogP) is 1.44. The van der Waals surface area contributed by atoms with E-state index in [4.69, 9.17) is 0 Å². The average molecular weight is 124 g/mol. The summed E-state index contributed by atoms with van der Waals surface area (Å²) in [5.74, 6) is 0. The van der Waals surface area contributed by atoms with E-state index in [-0.39, 0.29) is 5.63 Å². The fraction of sp³-hybridized carbons (Fsp3) is 0. The quantitative estimate of drug-likeness (QED) is 0.490. The maximum atomic E-state index is 10.1. The molecule has 0 atom stereocenters. The monoisotopic (exact) mass is 124 g/mol. The minimum absolute atomic E-state index is 0.303. The third-order valence-electron chi connectivity index (χ3n) is 0.606. The highest BCUT2D eigenvalue weighted by Gasteiger charge is 1.72. The first-order chi connectivity index (χ1) is 4.39. The van der Waals surface area contributed by atoms with Crippen molar-refractivity contribution in [1.29, 1.82) is 0 Å². The lowest BCUT2D eigenvalue weighted by molar-refractivity contribution is 0.511. The Morgan fingerprint density at radius 1 is 1.33 bits per heavy atom. The molecule has 1 heterocycles. The summed E-state index contributed by atoms with van der Waals surface area (Å²) in [6, 6.07) is 4.65. The first-order valence-corrected chi connectivity index (χ1v) is 2.43. The molecule has 1 aromatic rings. The third-order valence-corrected chi connectivity index (χ3v) is 0.606. The first kappa shape index (κ1) is 7.69. The van der Waals surface area contributed by atoms with Gasteiger partial charge in [-0.2, -0.15) is 0 Å². The van der Waals surface area contributed by atoms with Crippen molar-refractivity contribution in [3.05, 3.63) is 48.0 Å². The van der Waals surface area contributed by atoms with Crippen molar-refractivity contribution < 1.29 is 4.42 Å². The predicted molar refractivity (Wildman–Crippen MR) is 36.2 cm³/mol. The lowest BCUT2D eigenvalue weighted by atomic mass is 10.5. The van der Waals surface area contributed by atoms with Gasteiger partial charge in [-0.15, -0.1) is 13.2 Å². The van der Waals surface area contributed by atoms with Crippen LogP contribution in [0.3, 0.4) is 0 Å². The summed E-state index contributed by atoms with van der Waals surface area (Å²) in [5, 5.41) is 0. The Balaban J connectivity index is 0.000000291. The van der Waals surface area contributed by atoms with Crippen molar-refractivity contribution in [2.45, 2.75) is 0 Å². The maximum absolute atomic E-state index is 10.1. The van der Waals surface area contributed by atoms with Gasteiger partial charge in [-0.05, 0) is 6.07 Å². The van der Waals surface area contributed by atoms with Gasteiger partial charge < -0.3 is 4.42 Å². The van der Waals surface area contributed by atoms with Crippen LogP contribution in [-0.2, 0) is 0 Å². The van der Waals surface area contributed by atoms with E-state index in [0.717, 1.165) is 0 Å². The summed E-state index contributed by atoms with van der Waals surface area (Å²) in [5.41, 5.74) is -0.303. The van der Waals surface area contributed by atoms with Gasteiger partial charge in [0.05, 0.1) is 6.26 Å². The van der Waals surface area contributed by atoms with Crippen LogP contribution < -0.4 is 5.63 Å². The topological polar surface area (TPSA) is 30.2 Å². The van der Waals surface area contributed by atoms with E-state index in [1.807, 2.05) is 0 Å². The van der Waals surface area contributed by atoms with Crippen LogP contribution in [0.4, 0.5) is 0 Å². The highest BCUT2D eigenvalue weighted by molar-refractivity contribution is 4.85. The zero-order valence-corrected chi connectivity index (χ0v) is 5.04. The van der Waals surface area contributed by atoms with E-state index in [0.29, 0.717) is 0 Å². The van der Waals surface area contributed by atoms with Crippen LogP contribution in [0.25, 0.3) is 0 Å². The molecule has 0 bridgehead atoms. The van der Waals surface area contributed by atoms with Crippen LogP contribution in [0.2, 0.25) is 0 Å². The van der Waals surface area contributed by atoms with E-state index in [1.54, 1.807) is 12.1 Å². The summed E-state index contributed by atoms with van der Waals surface area (Å²) in [6.45, 7) is 6.00. The van der Waals surface area contributed by atoms with Crippen LogP contribution in [0.15, 0.2) is 46.8 Å². The molecule has 0 aromatic carbocycles. The van der Waals surface area contributed by atoms with Crippen LogP contribution in [0.5, 0.6) is 0 Å². The van der Waals surface area contributed by atoms with Crippen molar-refractivity contribution >= 4 is 0 Å². The van der Waals surface area contributed by atoms with Crippen LogP contribution in [0, 0.1) is 0 Å². The van der Waals surface area contributed by atoms with Crippen molar-refractivity contribution in [3.63, 3.8) is 0 Å². The molecule has 0 radical (unpaired) electrons. The van der Waals surface area contributed by atoms with E-state index in [9.17, 15) is 4.79 Å². The molecule has 0 fully saturated rings. The Labute approximate surface area is 53.4 Å². The van der Waals surface area contributed by atoms with Gasteiger partial charge in [0, 0.05) is 6.07 Å². The molecule has 9 heavy (non-hydrogen) atoms. The molecule has 0 spiro atoms. The maximum Gasteiger partial charge on any atom is 0.335 e. The highest BCUT2D eigenvalue weighted by Crippen LogP contribution is 1.72. The van der Waals surface area contributed by atoms with Gasteiger partial charge in [-0.25, -0.2) is 4.79 Å². The standard InChI is InChI=1S/C5H4O2.C2H4/c6-5-3-1-2-4-7-5;1-2/h1-4H;1-2H2. The number of hydrogen-bond donors (Lipinski definition) is 0. The summed E-state index contributed by atoms with van der Waals surface area (Å²) in [6.07, 6.45) is 1.35. The fourth-order valence-corrected chi connectivity index (χ4v) is 0.325. The van der Waals surface area contributed by atoms with E-state index >= 15 is 0 Å². The van der Waals surface area contributed by atoms with Crippen LogP contribution >= 0.6 is 0 Å². The van der Waals surface area contributed by atoms with E-state index in [2.05, 4.69) is 17.6 Å². The molecule has 1 rings (SSSR count). The zero-order chi connectivity index (χ0) is 7.11. The number of rotatable bonds is 0. The lowest BCUT2D eigenvalue weighted by Gasteiger charge is -1.72. The molecule has 2 heteroatoms. The largest absolute Gasteiger partial charge is 0.431 e. The van der Waals surface area contributed by atoms with Crippen molar-refractivity contribution in [1.82, 2.24) is 0 Å². The third kappa shape index (κ3) is 3.29. The second-order valence-electron chi connectivity index (χ2n) is 1.12. The Morgan fingerprint density at radius 2 is 2.00 bits per heavy atom. The Kier molecular flexibility index (Phi) is 4.14. The first-order valence-electron chi connectivity index (χ1n) is 2.43. The van der Waals surface area contributed by atoms with Crippen molar-refractivity contribution in [3.8, 4) is 0 Å². The zero-order valence-electron chi connectivity index (χ0n) is 5.04. The van der Waals surface area contributed by atoms with Gasteiger partial charge in [0.2, 0.25) is 0 Å². The van der Waals surface area contributed by atoms with E-state index in [1.165, 1.54) is 12.3 Å². The van der Waals surface area contributed by atoms with Crippen LogP contribution in [0.1, 0.15) is 0 Å². The summed E-state index contributed by atoms with van der Waals surface area (Å²) in [7, 11) is 0. The molecule has 0 amide bonds. The van der Waals surface area contributed by atoms with Crippen LogP contribution in [-0.4, -0.2) is 0 Å². The van der Waals surface area contributed by atoms with Gasteiger partial charge in [-0.1, -0.05) is 6.07 Å². The molecule has 2 nitrogen and oxygen atoms in total. The molecule has 48 valence electrons.